The van der Waals surface area contributed by atoms with Crippen LogP contribution in [-0.4, -0.2) is 33.0 Å². The van der Waals surface area contributed by atoms with E-state index in [-0.39, 0.29) is 6.54 Å². The first-order valence-corrected chi connectivity index (χ1v) is 8.51. The van der Waals surface area contributed by atoms with Gasteiger partial charge < -0.3 is 10.1 Å². The Morgan fingerprint density at radius 1 is 1.22 bits per heavy atom. The average Bonchev–Trinajstić information content (AvgIpc) is 3.08. The summed E-state index contributed by atoms with van der Waals surface area (Å²) in [6.07, 6.45) is 3.65. The van der Waals surface area contributed by atoms with E-state index in [0.29, 0.717) is 25.1 Å². The molecule has 0 aliphatic heterocycles. The van der Waals surface area contributed by atoms with Gasteiger partial charge in [0.1, 0.15) is 0 Å². The molecule has 0 spiro atoms. The molecule has 0 saturated heterocycles. The van der Waals surface area contributed by atoms with Crippen LogP contribution in [0.2, 0.25) is 0 Å². The van der Waals surface area contributed by atoms with E-state index < -0.39 is 0 Å². The van der Waals surface area contributed by atoms with Crippen molar-refractivity contribution in [3.8, 4) is 17.3 Å². The summed E-state index contributed by atoms with van der Waals surface area (Å²) in [5.41, 5.74) is 3.92. The standard InChI is InChI=1S/C19H21N7O/c1-14-11-22-19(23-17-7-10-26(2)25-17)24-18(14)16-5-3-15(4-6-16)12-27-13-21-9-8-20/h3-7,10-11,21H,9,12-13H2,1-2H3,(H,22,23,24,25). The number of anilines is 2. The van der Waals surface area contributed by atoms with E-state index >= 15 is 0 Å². The van der Waals surface area contributed by atoms with Gasteiger partial charge in [-0.25, -0.2) is 9.97 Å². The Labute approximate surface area is 157 Å². The second-order valence-corrected chi connectivity index (χ2v) is 6.00. The van der Waals surface area contributed by atoms with E-state index in [9.17, 15) is 0 Å². The number of nitrogens with zero attached hydrogens (tertiary/aromatic N) is 5. The van der Waals surface area contributed by atoms with E-state index in [1.807, 2.05) is 56.6 Å². The predicted octanol–water partition coefficient (Wildman–Crippen LogP) is 2.52. The van der Waals surface area contributed by atoms with E-state index in [2.05, 4.69) is 25.7 Å². The van der Waals surface area contributed by atoms with Crippen molar-refractivity contribution in [2.45, 2.75) is 13.5 Å². The molecular formula is C19H21N7O. The molecule has 0 radical (unpaired) electrons. The van der Waals surface area contributed by atoms with Crippen molar-refractivity contribution < 1.29 is 4.74 Å². The molecule has 3 rings (SSSR count). The highest BCUT2D eigenvalue weighted by atomic mass is 16.5. The molecule has 3 aromatic rings. The van der Waals surface area contributed by atoms with Gasteiger partial charge in [-0.3, -0.25) is 10.00 Å². The Kier molecular flexibility index (Phi) is 6.10. The second-order valence-electron chi connectivity index (χ2n) is 6.00. The van der Waals surface area contributed by atoms with Crippen LogP contribution in [0.4, 0.5) is 11.8 Å². The molecule has 0 bridgehead atoms. The second kappa shape index (κ2) is 8.89. The quantitative estimate of drug-likeness (QED) is 0.360. The fraction of sp³-hybridized carbons (Fsp3) is 0.263. The molecule has 0 atom stereocenters. The van der Waals surface area contributed by atoms with Crippen LogP contribution >= 0.6 is 0 Å². The summed E-state index contributed by atoms with van der Waals surface area (Å²) < 4.78 is 7.19. The molecule has 8 nitrogen and oxygen atoms in total. The zero-order valence-electron chi connectivity index (χ0n) is 15.3. The number of nitriles is 1. The zero-order valence-corrected chi connectivity index (χ0v) is 15.3. The van der Waals surface area contributed by atoms with Gasteiger partial charge in [-0.15, -0.1) is 0 Å². The van der Waals surface area contributed by atoms with Crippen LogP contribution in [0.15, 0.2) is 42.7 Å². The van der Waals surface area contributed by atoms with Crippen LogP contribution in [0.25, 0.3) is 11.3 Å². The normalized spacial score (nSPS) is 10.6. The highest BCUT2D eigenvalue weighted by Crippen LogP contribution is 2.23. The summed E-state index contributed by atoms with van der Waals surface area (Å²) in [5.74, 6) is 1.20. The highest BCUT2D eigenvalue weighted by molar-refractivity contribution is 5.64. The molecule has 2 N–H and O–H groups in total. The SMILES string of the molecule is Cc1cnc(Nc2ccn(C)n2)nc1-c1ccc(COCNCC#N)cc1. The summed E-state index contributed by atoms with van der Waals surface area (Å²) in [7, 11) is 1.86. The fourth-order valence-corrected chi connectivity index (χ4v) is 2.50. The lowest BCUT2D eigenvalue weighted by molar-refractivity contribution is 0.106. The molecule has 138 valence electrons. The molecule has 8 heteroatoms. The van der Waals surface area contributed by atoms with Crippen molar-refractivity contribution in [2.24, 2.45) is 7.05 Å². The summed E-state index contributed by atoms with van der Waals surface area (Å²) >= 11 is 0. The van der Waals surface area contributed by atoms with Crippen molar-refractivity contribution in [3.63, 3.8) is 0 Å². The third kappa shape index (κ3) is 5.10. The first-order valence-electron chi connectivity index (χ1n) is 8.51. The van der Waals surface area contributed by atoms with E-state index in [0.717, 1.165) is 22.4 Å². The minimum Gasteiger partial charge on any atom is -0.362 e. The molecule has 0 amide bonds. The summed E-state index contributed by atoms with van der Waals surface area (Å²) in [4.78, 5) is 8.96. The maximum Gasteiger partial charge on any atom is 0.228 e. The highest BCUT2D eigenvalue weighted by Gasteiger charge is 2.08. The predicted molar refractivity (Wildman–Crippen MR) is 102 cm³/mol. The van der Waals surface area contributed by atoms with Crippen LogP contribution < -0.4 is 10.6 Å². The van der Waals surface area contributed by atoms with E-state index in [4.69, 9.17) is 10.00 Å². The zero-order chi connectivity index (χ0) is 19.1. The van der Waals surface area contributed by atoms with Gasteiger partial charge in [-0.05, 0) is 18.1 Å². The van der Waals surface area contributed by atoms with Crippen molar-refractivity contribution >= 4 is 11.8 Å². The van der Waals surface area contributed by atoms with Gasteiger partial charge in [0, 0.05) is 31.1 Å². The van der Waals surface area contributed by atoms with Crippen molar-refractivity contribution in [2.75, 3.05) is 18.6 Å². The van der Waals surface area contributed by atoms with Gasteiger partial charge in [0.05, 0.1) is 31.6 Å². The van der Waals surface area contributed by atoms with Gasteiger partial charge in [0.25, 0.3) is 0 Å². The van der Waals surface area contributed by atoms with E-state index in [1.54, 1.807) is 10.9 Å². The Bertz CT molecular complexity index is 928. The third-order valence-corrected chi connectivity index (χ3v) is 3.83. The Hall–Kier alpha value is -3.28. The van der Waals surface area contributed by atoms with Gasteiger partial charge in [-0.1, -0.05) is 24.3 Å². The number of benzene rings is 1. The molecule has 1 aromatic carbocycles. The molecule has 0 aliphatic rings. The van der Waals surface area contributed by atoms with Gasteiger partial charge in [-0.2, -0.15) is 10.4 Å². The minimum absolute atomic E-state index is 0.279. The number of rotatable bonds is 8. The number of hydrogen-bond donors (Lipinski definition) is 2. The van der Waals surface area contributed by atoms with Crippen LogP contribution in [-0.2, 0) is 18.4 Å². The van der Waals surface area contributed by atoms with E-state index in [1.165, 1.54) is 0 Å². The Morgan fingerprint density at radius 2 is 2.04 bits per heavy atom. The fourth-order valence-electron chi connectivity index (χ4n) is 2.50. The van der Waals surface area contributed by atoms with Gasteiger partial charge >= 0.3 is 0 Å². The molecule has 27 heavy (non-hydrogen) atoms. The molecule has 2 aromatic heterocycles. The monoisotopic (exact) mass is 363 g/mol. The van der Waals surface area contributed by atoms with Crippen molar-refractivity contribution in [1.82, 2.24) is 25.1 Å². The number of ether oxygens (including phenoxy) is 1. The molecule has 0 unspecified atom stereocenters. The summed E-state index contributed by atoms with van der Waals surface area (Å²) in [6, 6.07) is 11.9. The van der Waals surface area contributed by atoms with Crippen LogP contribution in [0.5, 0.6) is 0 Å². The van der Waals surface area contributed by atoms with Gasteiger partial charge in [0.15, 0.2) is 5.82 Å². The average molecular weight is 363 g/mol. The minimum atomic E-state index is 0.279. The lowest BCUT2D eigenvalue weighted by Crippen LogP contribution is -2.17. The lowest BCUT2D eigenvalue weighted by atomic mass is 10.1. The number of hydrogen-bond acceptors (Lipinski definition) is 7. The van der Waals surface area contributed by atoms with Gasteiger partial charge in [0.2, 0.25) is 5.95 Å². The van der Waals surface area contributed by atoms with Crippen LogP contribution in [0.3, 0.4) is 0 Å². The Morgan fingerprint density at radius 3 is 2.74 bits per heavy atom. The molecule has 0 aliphatic carbocycles. The Balaban J connectivity index is 1.68. The largest absolute Gasteiger partial charge is 0.362 e. The number of aryl methyl sites for hydroxylation is 2. The smallest absolute Gasteiger partial charge is 0.228 e. The maximum atomic E-state index is 8.46. The maximum absolute atomic E-state index is 8.46. The molecule has 0 saturated carbocycles. The first kappa shape index (κ1) is 18.5. The number of aromatic nitrogens is 4. The lowest BCUT2D eigenvalue weighted by Gasteiger charge is -2.09. The summed E-state index contributed by atoms with van der Waals surface area (Å²) in [6.45, 7) is 3.09. The van der Waals surface area contributed by atoms with Crippen molar-refractivity contribution in [1.29, 1.82) is 5.26 Å². The third-order valence-electron chi connectivity index (χ3n) is 3.83. The van der Waals surface area contributed by atoms with Crippen LogP contribution in [0.1, 0.15) is 11.1 Å². The summed E-state index contributed by atoms with van der Waals surface area (Å²) in [5, 5.41) is 18.7. The van der Waals surface area contributed by atoms with Crippen molar-refractivity contribution in [3.05, 3.63) is 53.9 Å². The van der Waals surface area contributed by atoms with Crippen LogP contribution in [0, 0.1) is 18.3 Å². The number of nitrogens with one attached hydrogen (secondary N) is 2. The topological polar surface area (TPSA) is 101 Å². The molecule has 0 fully saturated rings. The first-order chi connectivity index (χ1) is 13.2. The molecular weight excluding hydrogens is 342 g/mol. The molecule has 2 heterocycles.